The molecule has 2 fully saturated rings. The average Bonchev–Trinajstić information content (AvgIpc) is 3.06. The van der Waals surface area contributed by atoms with Gasteiger partial charge in [0.15, 0.2) is 5.78 Å². The van der Waals surface area contributed by atoms with E-state index in [1.807, 2.05) is 81.4 Å². The molecule has 1 heterocycles. The Morgan fingerprint density at radius 1 is 1.00 bits per heavy atom. The van der Waals surface area contributed by atoms with E-state index in [0.29, 0.717) is 0 Å². The molecule has 1 aliphatic heterocycles. The summed E-state index contributed by atoms with van der Waals surface area (Å²) in [6.45, 7) is 5.99. The molecule has 0 radical (unpaired) electrons. The Labute approximate surface area is 165 Å². The summed E-state index contributed by atoms with van der Waals surface area (Å²) in [6, 6.07) is 18.7. The lowest BCUT2D eigenvalue weighted by atomic mass is 9.54. The average molecular weight is 379 g/mol. The Hall–Kier alpha value is -2.66. The summed E-state index contributed by atoms with van der Waals surface area (Å²) in [5.74, 6) is -0.0351. The van der Waals surface area contributed by atoms with Crippen molar-refractivity contribution in [3.05, 3.63) is 71.8 Å². The van der Waals surface area contributed by atoms with Crippen LogP contribution in [0.3, 0.4) is 0 Å². The Morgan fingerprint density at radius 2 is 1.50 bits per heavy atom. The van der Waals surface area contributed by atoms with Gasteiger partial charge in [-0.15, -0.1) is 0 Å². The van der Waals surface area contributed by atoms with Crippen LogP contribution in [0, 0.1) is 5.41 Å². The van der Waals surface area contributed by atoms with Crippen LogP contribution in [-0.2, 0) is 19.7 Å². The molecule has 2 aromatic rings. The van der Waals surface area contributed by atoms with Gasteiger partial charge in [0.2, 0.25) is 0 Å². The number of nitrogens with zero attached hydrogens (tertiary/aromatic N) is 1. The third-order valence-corrected chi connectivity index (χ3v) is 5.78. The topological polar surface area (TPSA) is 55.8 Å². The van der Waals surface area contributed by atoms with E-state index >= 15 is 0 Å². The van der Waals surface area contributed by atoms with Gasteiger partial charge in [0.25, 0.3) is 0 Å². The highest BCUT2D eigenvalue weighted by molar-refractivity contribution is 6.07. The Balaban J connectivity index is 1.88. The second-order valence-corrected chi connectivity index (χ2v) is 8.50. The summed E-state index contributed by atoms with van der Waals surface area (Å²) >= 11 is 0. The van der Waals surface area contributed by atoms with Gasteiger partial charge in [-0.05, 0) is 11.1 Å². The molecule has 1 saturated heterocycles. The van der Waals surface area contributed by atoms with Gasteiger partial charge in [0, 0.05) is 5.41 Å². The van der Waals surface area contributed by atoms with Crippen molar-refractivity contribution in [1.29, 1.82) is 0 Å². The van der Waals surface area contributed by atoms with Gasteiger partial charge in [-0.25, -0.2) is 4.79 Å². The van der Waals surface area contributed by atoms with Crippen LogP contribution in [0.4, 0.5) is 4.79 Å². The first-order valence-electron chi connectivity index (χ1n) is 9.50. The molecule has 0 bridgehead atoms. The molecule has 0 N–H and O–H groups in total. The summed E-state index contributed by atoms with van der Waals surface area (Å²) in [4.78, 5) is 27.8. The summed E-state index contributed by atoms with van der Waals surface area (Å²) in [7, 11) is 1.33. The summed E-state index contributed by atoms with van der Waals surface area (Å²) in [5, 5.41) is 0. The highest BCUT2D eigenvalue weighted by atomic mass is 16.6. The Bertz CT molecular complexity index is 848. The van der Waals surface area contributed by atoms with E-state index in [1.165, 1.54) is 12.0 Å². The first kappa shape index (κ1) is 18.7. The van der Waals surface area contributed by atoms with Crippen molar-refractivity contribution in [2.45, 2.75) is 44.6 Å². The highest BCUT2D eigenvalue weighted by Gasteiger charge is 2.73. The number of ether oxygens (including phenoxy) is 2. The minimum Gasteiger partial charge on any atom is -0.453 e. The number of methoxy groups -OCH3 is 1. The molecule has 28 heavy (non-hydrogen) atoms. The number of rotatable bonds is 2. The van der Waals surface area contributed by atoms with Crippen molar-refractivity contribution < 1.29 is 19.1 Å². The third kappa shape index (κ3) is 2.42. The zero-order chi connectivity index (χ0) is 20.1. The molecule has 3 atom stereocenters. The maximum Gasteiger partial charge on any atom is 0.412 e. The van der Waals surface area contributed by atoms with Crippen LogP contribution >= 0.6 is 0 Å². The van der Waals surface area contributed by atoms with E-state index in [-0.39, 0.29) is 11.2 Å². The number of Topliss-reactive ketones (excluding diaryl/α,β-unsaturated/α-hetero) is 1. The van der Waals surface area contributed by atoms with E-state index in [9.17, 15) is 9.59 Å². The second-order valence-electron chi connectivity index (χ2n) is 8.50. The molecule has 1 saturated carbocycles. The molecule has 146 valence electrons. The first-order valence-corrected chi connectivity index (χ1v) is 9.50. The predicted octanol–water partition coefficient (Wildman–Crippen LogP) is 3.76. The van der Waals surface area contributed by atoms with Crippen LogP contribution in [0.5, 0.6) is 0 Å². The van der Waals surface area contributed by atoms with Crippen molar-refractivity contribution in [3.8, 4) is 0 Å². The maximum atomic E-state index is 13.7. The summed E-state index contributed by atoms with van der Waals surface area (Å²) < 4.78 is 11.5. The Morgan fingerprint density at radius 3 is 1.93 bits per heavy atom. The molecule has 5 nitrogen and oxygen atoms in total. The maximum absolute atomic E-state index is 13.7. The molecule has 5 heteroatoms. The fourth-order valence-corrected chi connectivity index (χ4v) is 4.57. The van der Waals surface area contributed by atoms with Gasteiger partial charge >= 0.3 is 6.09 Å². The largest absolute Gasteiger partial charge is 0.453 e. The number of ketones is 1. The van der Waals surface area contributed by atoms with E-state index in [0.717, 1.165) is 11.1 Å². The van der Waals surface area contributed by atoms with Crippen molar-refractivity contribution in [2.24, 2.45) is 5.41 Å². The number of hydrogen-bond donors (Lipinski definition) is 0. The standard InChI is InChI=1S/C23H25NO4/c1-22(2,3)20-24(21(26)27-4)17-18(25)23(19(17)28-20,15-11-7-5-8-12-15)16-13-9-6-10-14-16/h5-14,17,19-20H,1-4H3/t17-,19-,20+/m0/s1. The fraction of sp³-hybridized carbons (Fsp3) is 0.391. The second kappa shape index (κ2) is 6.45. The van der Waals surface area contributed by atoms with Crippen LogP contribution in [0.2, 0.25) is 0 Å². The zero-order valence-corrected chi connectivity index (χ0v) is 16.6. The zero-order valence-electron chi connectivity index (χ0n) is 16.6. The normalized spacial score (nSPS) is 25.8. The number of hydrogen-bond acceptors (Lipinski definition) is 4. The summed E-state index contributed by atoms with van der Waals surface area (Å²) in [5.41, 5.74) is 0.461. The third-order valence-electron chi connectivity index (χ3n) is 5.78. The van der Waals surface area contributed by atoms with Crippen LogP contribution in [0.1, 0.15) is 31.9 Å². The lowest BCUT2D eigenvalue weighted by Crippen LogP contribution is -2.71. The number of carbonyl (C=O) groups excluding carboxylic acids is 2. The molecule has 1 aliphatic carbocycles. The molecule has 0 spiro atoms. The van der Waals surface area contributed by atoms with Crippen LogP contribution in [0.15, 0.2) is 60.7 Å². The molecule has 1 amide bonds. The SMILES string of the molecule is COC(=O)N1[C@H]2C(=O)C(c3ccccc3)(c3ccccc3)[C@H]2O[C@@H]1C(C)(C)C. The lowest BCUT2D eigenvalue weighted by molar-refractivity contribution is -0.145. The molecular formula is C23H25NO4. The fourth-order valence-electron chi connectivity index (χ4n) is 4.57. The molecule has 2 aliphatic rings. The van der Waals surface area contributed by atoms with Crippen LogP contribution in [0.25, 0.3) is 0 Å². The minimum absolute atomic E-state index is 0.0351. The predicted molar refractivity (Wildman–Crippen MR) is 105 cm³/mol. The van der Waals surface area contributed by atoms with Gasteiger partial charge in [0.1, 0.15) is 23.8 Å². The smallest absolute Gasteiger partial charge is 0.412 e. The molecule has 2 aromatic carbocycles. The number of benzene rings is 2. The van der Waals surface area contributed by atoms with Gasteiger partial charge in [-0.3, -0.25) is 9.69 Å². The lowest BCUT2D eigenvalue weighted by Gasteiger charge is -2.50. The summed E-state index contributed by atoms with van der Waals surface area (Å²) in [6.07, 6.45) is -1.54. The van der Waals surface area contributed by atoms with Gasteiger partial charge < -0.3 is 9.47 Å². The number of carbonyl (C=O) groups is 2. The van der Waals surface area contributed by atoms with Gasteiger partial charge in [-0.1, -0.05) is 81.4 Å². The first-order chi connectivity index (χ1) is 13.3. The molecule has 0 unspecified atom stereocenters. The molecule has 4 rings (SSSR count). The van der Waals surface area contributed by atoms with E-state index in [1.54, 1.807) is 0 Å². The van der Waals surface area contributed by atoms with Gasteiger partial charge in [-0.2, -0.15) is 0 Å². The molecular weight excluding hydrogens is 354 g/mol. The monoisotopic (exact) mass is 379 g/mol. The quantitative estimate of drug-likeness (QED) is 0.797. The van der Waals surface area contributed by atoms with Crippen LogP contribution < -0.4 is 0 Å². The van der Waals surface area contributed by atoms with Crippen molar-refractivity contribution in [2.75, 3.05) is 7.11 Å². The highest BCUT2D eigenvalue weighted by Crippen LogP contribution is 2.55. The Kier molecular flexibility index (Phi) is 4.31. The minimum atomic E-state index is -0.931. The van der Waals surface area contributed by atoms with Crippen molar-refractivity contribution in [1.82, 2.24) is 4.90 Å². The van der Waals surface area contributed by atoms with E-state index in [2.05, 4.69) is 0 Å². The van der Waals surface area contributed by atoms with E-state index in [4.69, 9.17) is 9.47 Å². The van der Waals surface area contributed by atoms with Crippen molar-refractivity contribution >= 4 is 11.9 Å². The van der Waals surface area contributed by atoms with Gasteiger partial charge in [0.05, 0.1) is 7.11 Å². The van der Waals surface area contributed by atoms with E-state index < -0.39 is 29.9 Å². The van der Waals surface area contributed by atoms with Crippen molar-refractivity contribution in [3.63, 3.8) is 0 Å². The number of amides is 1. The molecule has 0 aromatic heterocycles. The van der Waals surface area contributed by atoms with Crippen LogP contribution in [-0.4, -0.2) is 42.3 Å². The number of fused-ring (bicyclic) bond motifs is 1.